The number of halogens is 2. The van der Waals surface area contributed by atoms with Crippen LogP contribution >= 0.6 is 0 Å². The summed E-state index contributed by atoms with van der Waals surface area (Å²) in [7, 11) is 0. The number of amides is 1. The van der Waals surface area contributed by atoms with Crippen molar-refractivity contribution >= 4 is 11.9 Å². The van der Waals surface area contributed by atoms with E-state index in [-0.39, 0.29) is 24.1 Å². The summed E-state index contributed by atoms with van der Waals surface area (Å²) < 4.78 is 29.1. The molecule has 1 rings (SSSR count). The average Bonchev–Trinajstić information content (AvgIpc) is 2.40. The fourth-order valence-corrected chi connectivity index (χ4v) is 2.08. The number of benzene rings is 1. The monoisotopic (exact) mass is 315 g/mol. The van der Waals surface area contributed by atoms with Gasteiger partial charge in [0.15, 0.2) is 0 Å². The molecular formula is C15H19F2NO4. The number of carboxylic acids is 1. The lowest BCUT2D eigenvalue weighted by Gasteiger charge is -2.15. The second-order valence-corrected chi connectivity index (χ2v) is 5.12. The Bertz CT molecular complexity index is 537. The minimum absolute atomic E-state index is 0.0410. The molecule has 1 unspecified atom stereocenters. The van der Waals surface area contributed by atoms with Crippen LogP contribution in [0.3, 0.4) is 0 Å². The van der Waals surface area contributed by atoms with E-state index in [2.05, 4.69) is 10.1 Å². The molecule has 0 spiro atoms. The van der Waals surface area contributed by atoms with Crippen LogP contribution in [-0.2, 0) is 4.79 Å². The highest BCUT2D eigenvalue weighted by molar-refractivity contribution is 5.95. The van der Waals surface area contributed by atoms with Gasteiger partial charge in [-0.2, -0.15) is 8.78 Å². The van der Waals surface area contributed by atoms with Crippen molar-refractivity contribution in [3.63, 3.8) is 0 Å². The van der Waals surface area contributed by atoms with E-state index in [1.807, 2.05) is 0 Å². The van der Waals surface area contributed by atoms with Crippen molar-refractivity contribution in [1.29, 1.82) is 0 Å². The molecule has 122 valence electrons. The van der Waals surface area contributed by atoms with E-state index in [0.29, 0.717) is 23.1 Å². The van der Waals surface area contributed by atoms with Gasteiger partial charge >= 0.3 is 12.6 Å². The maximum atomic E-state index is 12.3. The Morgan fingerprint density at radius 2 is 1.82 bits per heavy atom. The zero-order valence-corrected chi connectivity index (χ0v) is 12.7. The Balaban J connectivity index is 2.80. The minimum atomic E-state index is -2.92. The predicted molar refractivity (Wildman–Crippen MR) is 76.3 cm³/mol. The number of carbonyl (C=O) groups is 2. The molecule has 0 radical (unpaired) electrons. The highest BCUT2D eigenvalue weighted by Gasteiger charge is 2.16. The van der Waals surface area contributed by atoms with Crippen molar-refractivity contribution < 1.29 is 28.2 Å². The molecule has 0 fully saturated rings. The van der Waals surface area contributed by atoms with E-state index >= 15 is 0 Å². The van der Waals surface area contributed by atoms with Crippen LogP contribution in [-0.4, -0.2) is 29.6 Å². The van der Waals surface area contributed by atoms with Crippen LogP contribution in [0.5, 0.6) is 5.75 Å². The highest BCUT2D eigenvalue weighted by atomic mass is 19.3. The van der Waals surface area contributed by atoms with Gasteiger partial charge in [-0.1, -0.05) is 0 Å². The number of aryl methyl sites for hydroxylation is 2. The van der Waals surface area contributed by atoms with E-state index < -0.39 is 12.6 Å². The molecule has 0 aliphatic carbocycles. The maximum absolute atomic E-state index is 12.3. The largest absolute Gasteiger partial charge is 0.481 e. The van der Waals surface area contributed by atoms with Gasteiger partial charge < -0.3 is 15.2 Å². The first-order valence-electron chi connectivity index (χ1n) is 6.79. The first-order chi connectivity index (χ1) is 10.2. The summed E-state index contributed by atoms with van der Waals surface area (Å²) in [5.74, 6) is -1.25. The fourth-order valence-electron chi connectivity index (χ4n) is 2.08. The number of rotatable bonds is 7. The van der Waals surface area contributed by atoms with Crippen molar-refractivity contribution in [2.45, 2.75) is 46.3 Å². The molecule has 0 heterocycles. The Morgan fingerprint density at radius 3 is 2.27 bits per heavy atom. The van der Waals surface area contributed by atoms with Gasteiger partial charge in [0.2, 0.25) is 0 Å². The summed E-state index contributed by atoms with van der Waals surface area (Å²) >= 11 is 0. The van der Waals surface area contributed by atoms with Crippen LogP contribution in [0.15, 0.2) is 12.1 Å². The van der Waals surface area contributed by atoms with Crippen LogP contribution < -0.4 is 10.1 Å². The standard InChI is InChI=1S/C15H19F2NO4/c1-8-6-11(7-9(2)13(8)22-15(16)17)14(21)18-10(3)4-5-12(19)20/h6-7,10,15H,4-5H2,1-3H3,(H,18,21)(H,19,20). The second-order valence-electron chi connectivity index (χ2n) is 5.12. The van der Waals surface area contributed by atoms with E-state index in [4.69, 9.17) is 5.11 Å². The number of nitrogens with one attached hydrogen (secondary N) is 1. The lowest BCUT2D eigenvalue weighted by molar-refractivity contribution is -0.137. The van der Waals surface area contributed by atoms with Crippen molar-refractivity contribution in [2.75, 3.05) is 0 Å². The molecule has 1 aromatic rings. The van der Waals surface area contributed by atoms with Crippen molar-refractivity contribution in [1.82, 2.24) is 5.32 Å². The number of carbonyl (C=O) groups excluding carboxylic acids is 1. The third-order valence-electron chi connectivity index (χ3n) is 3.10. The molecule has 1 atom stereocenters. The van der Waals surface area contributed by atoms with Gasteiger partial charge in [-0.25, -0.2) is 0 Å². The van der Waals surface area contributed by atoms with Crippen molar-refractivity contribution in [3.05, 3.63) is 28.8 Å². The summed E-state index contributed by atoms with van der Waals surface area (Å²) in [6.45, 7) is 1.94. The van der Waals surface area contributed by atoms with E-state index in [1.165, 1.54) is 12.1 Å². The minimum Gasteiger partial charge on any atom is -0.481 e. The second kappa shape index (κ2) is 7.72. The average molecular weight is 315 g/mol. The summed E-state index contributed by atoms with van der Waals surface area (Å²) in [6, 6.07) is 2.62. The molecular weight excluding hydrogens is 296 g/mol. The van der Waals surface area contributed by atoms with Crippen LogP contribution in [0.1, 0.15) is 41.3 Å². The van der Waals surface area contributed by atoms with E-state index in [9.17, 15) is 18.4 Å². The molecule has 0 aromatic heterocycles. The zero-order chi connectivity index (χ0) is 16.9. The highest BCUT2D eigenvalue weighted by Crippen LogP contribution is 2.26. The fraction of sp³-hybridized carbons (Fsp3) is 0.467. The molecule has 0 aliphatic heterocycles. The van der Waals surface area contributed by atoms with Crippen molar-refractivity contribution in [3.8, 4) is 5.75 Å². The summed E-state index contributed by atoms with van der Waals surface area (Å²) in [5.41, 5.74) is 1.19. The smallest absolute Gasteiger partial charge is 0.387 e. The molecule has 5 nitrogen and oxygen atoms in total. The lowest BCUT2D eigenvalue weighted by Crippen LogP contribution is -2.33. The Labute approximate surface area is 127 Å². The Kier molecular flexibility index (Phi) is 6.27. The van der Waals surface area contributed by atoms with Gasteiger partial charge in [-0.15, -0.1) is 0 Å². The SMILES string of the molecule is Cc1cc(C(=O)NC(C)CCC(=O)O)cc(C)c1OC(F)F. The molecule has 0 saturated carbocycles. The molecule has 7 heteroatoms. The molecule has 0 aliphatic rings. The van der Waals surface area contributed by atoms with Crippen LogP contribution in [0.25, 0.3) is 0 Å². The van der Waals surface area contributed by atoms with Crippen LogP contribution in [0.4, 0.5) is 8.78 Å². The number of ether oxygens (including phenoxy) is 1. The molecule has 22 heavy (non-hydrogen) atoms. The van der Waals surface area contributed by atoms with E-state index in [1.54, 1.807) is 20.8 Å². The molecule has 1 aromatic carbocycles. The zero-order valence-electron chi connectivity index (χ0n) is 12.7. The molecule has 0 saturated heterocycles. The van der Waals surface area contributed by atoms with Gasteiger partial charge in [0.05, 0.1) is 0 Å². The van der Waals surface area contributed by atoms with Gasteiger partial charge in [-0.3, -0.25) is 9.59 Å². The van der Waals surface area contributed by atoms with Crippen molar-refractivity contribution in [2.24, 2.45) is 0 Å². The van der Waals surface area contributed by atoms with Gasteiger partial charge in [0.25, 0.3) is 5.91 Å². The molecule has 2 N–H and O–H groups in total. The van der Waals surface area contributed by atoms with Gasteiger partial charge in [-0.05, 0) is 50.5 Å². The quantitative estimate of drug-likeness (QED) is 0.811. The first kappa shape index (κ1) is 17.9. The number of alkyl halides is 2. The van der Waals surface area contributed by atoms with E-state index in [0.717, 1.165) is 0 Å². The normalized spacial score (nSPS) is 12.1. The number of hydrogen-bond acceptors (Lipinski definition) is 3. The summed E-state index contributed by atoms with van der Waals surface area (Å²) in [5, 5.41) is 11.3. The third-order valence-corrected chi connectivity index (χ3v) is 3.10. The Hall–Kier alpha value is -2.18. The molecule has 1 amide bonds. The lowest BCUT2D eigenvalue weighted by atomic mass is 10.0. The summed E-state index contributed by atoms with van der Waals surface area (Å²) in [4.78, 5) is 22.6. The topological polar surface area (TPSA) is 75.6 Å². The summed E-state index contributed by atoms with van der Waals surface area (Å²) in [6.07, 6.45) is 0.270. The Morgan fingerprint density at radius 1 is 1.27 bits per heavy atom. The van der Waals surface area contributed by atoms with Crippen LogP contribution in [0.2, 0.25) is 0 Å². The third kappa shape index (κ3) is 5.31. The molecule has 0 bridgehead atoms. The first-order valence-corrected chi connectivity index (χ1v) is 6.79. The number of carboxylic acid groups (broad SMARTS) is 1. The van der Waals surface area contributed by atoms with Crippen LogP contribution in [0, 0.1) is 13.8 Å². The number of aliphatic carboxylic acids is 1. The maximum Gasteiger partial charge on any atom is 0.387 e. The predicted octanol–water partition coefficient (Wildman–Crippen LogP) is 2.89. The van der Waals surface area contributed by atoms with Gasteiger partial charge in [0, 0.05) is 18.0 Å². The van der Waals surface area contributed by atoms with Gasteiger partial charge in [0.1, 0.15) is 5.75 Å². The number of hydrogen-bond donors (Lipinski definition) is 2.